The van der Waals surface area contributed by atoms with Gasteiger partial charge in [-0.15, -0.1) is 0 Å². The lowest BCUT2D eigenvalue weighted by Gasteiger charge is -2.26. The number of hydrogen-bond donors (Lipinski definition) is 0. The summed E-state index contributed by atoms with van der Waals surface area (Å²) in [5.41, 5.74) is 2.04. The third kappa shape index (κ3) is 4.98. The molecule has 2 rings (SSSR count). The van der Waals surface area contributed by atoms with Crippen molar-refractivity contribution in [3.8, 4) is 0 Å². The highest BCUT2D eigenvalue weighted by Gasteiger charge is 2.19. The van der Waals surface area contributed by atoms with Crippen LogP contribution in [0.1, 0.15) is 69.9 Å². The van der Waals surface area contributed by atoms with Crippen molar-refractivity contribution in [2.45, 2.75) is 65.2 Å². The first-order chi connectivity index (χ1) is 10.2. The number of aryl methyl sites for hydroxylation is 1. The quantitative estimate of drug-likeness (QED) is 0.556. The van der Waals surface area contributed by atoms with E-state index in [4.69, 9.17) is 0 Å². The first-order valence-corrected chi connectivity index (χ1v) is 8.69. The van der Waals surface area contributed by atoms with Gasteiger partial charge in [-0.1, -0.05) is 57.4 Å². The standard InChI is InChI=1S/C20H29F/c1-3-5-16-7-9-18(10-8-16)15-20(21)19-13-11-17(6-4-2)12-14-19/h11-16,18H,3-10H2,1-2H3/b20-15-. The third-order valence-corrected chi connectivity index (χ3v) is 4.74. The van der Waals surface area contributed by atoms with Gasteiger partial charge in [0.25, 0.3) is 0 Å². The van der Waals surface area contributed by atoms with Gasteiger partial charge in [0.1, 0.15) is 5.83 Å². The fraction of sp³-hybridized carbons (Fsp3) is 0.600. The number of halogens is 1. The minimum absolute atomic E-state index is 0.0306. The molecule has 0 heterocycles. The van der Waals surface area contributed by atoms with Crippen LogP contribution in [0.25, 0.3) is 5.83 Å². The van der Waals surface area contributed by atoms with Crippen LogP contribution in [0.5, 0.6) is 0 Å². The van der Waals surface area contributed by atoms with Crippen LogP contribution >= 0.6 is 0 Å². The Bertz CT molecular complexity index is 435. The molecular weight excluding hydrogens is 259 g/mol. The first-order valence-electron chi connectivity index (χ1n) is 8.69. The predicted octanol–water partition coefficient (Wildman–Crippen LogP) is 6.56. The molecule has 0 radical (unpaired) electrons. The van der Waals surface area contributed by atoms with Gasteiger partial charge >= 0.3 is 0 Å². The predicted molar refractivity (Wildman–Crippen MR) is 89.9 cm³/mol. The summed E-state index contributed by atoms with van der Waals surface area (Å²) in [7, 11) is 0. The van der Waals surface area contributed by atoms with Gasteiger partial charge in [0, 0.05) is 5.56 Å². The second-order valence-corrected chi connectivity index (χ2v) is 6.53. The molecule has 0 spiro atoms. The van der Waals surface area contributed by atoms with Crippen molar-refractivity contribution in [2.24, 2.45) is 11.8 Å². The van der Waals surface area contributed by atoms with Crippen molar-refractivity contribution in [1.82, 2.24) is 0 Å². The Morgan fingerprint density at radius 3 is 2.29 bits per heavy atom. The summed E-state index contributed by atoms with van der Waals surface area (Å²) in [5.74, 6) is 1.29. The van der Waals surface area contributed by atoms with Crippen molar-refractivity contribution >= 4 is 5.83 Å². The molecule has 0 aliphatic heterocycles. The Hall–Kier alpha value is -1.11. The molecule has 21 heavy (non-hydrogen) atoms. The summed E-state index contributed by atoms with van der Waals surface area (Å²) < 4.78 is 14.3. The molecule has 1 heteroatoms. The highest BCUT2D eigenvalue weighted by Crippen LogP contribution is 2.34. The maximum atomic E-state index is 14.3. The van der Waals surface area contributed by atoms with Crippen molar-refractivity contribution in [1.29, 1.82) is 0 Å². The third-order valence-electron chi connectivity index (χ3n) is 4.74. The van der Waals surface area contributed by atoms with E-state index in [0.717, 1.165) is 37.2 Å². The molecule has 116 valence electrons. The number of allylic oxidation sites excluding steroid dienone is 1. The van der Waals surface area contributed by atoms with Crippen molar-refractivity contribution < 1.29 is 4.39 Å². The average molecular weight is 288 g/mol. The van der Waals surface area contributed by atoms with Gasteiger partial charge in [-0.2, -0.15) is 0 Å². The van der Waals surface area contributed by atoms with E-state index in [2.05, 4.69) is 26.0 Å². The molecule has 0 bridgehead atoms. The van der Waals surface area contributed by atoms with E-state index >= 15 is 0 Å². The molecule has 1 fully saturated rings. The van der Waals surface area contributed by atoms with Gasteiger partial charge in [-0.05, 0) is 55.6 Å². The molecule has 1 aromatic carbocycles. The van der Waals surface area contributed by atoms with Gasteiger partial charge < -0.3 is 0 Å². The minimum atomic E-state index is -0.0306. The van der Waals surface area contributed by atoms with Crippen molar-refractivity contribution in [3.63, 3.8) is 0 Å². The van der Waals surface area contributed by atoms with Gasteiger partial charge in [-0.3, -0.25) is 0 Å². The average Bonchev–Trinajstić information content (AvgIpc) is 2.50. The Balaban J connectivity index is 1.91. The van der Waals surface area contributed by atoms with Crippen LogP contribution < -0.4 is 0 Å². The van der Waals surface area contributed by atoms with Gasteiger partial charge in [-0.25, -0.2) is 4.39 Å². The molecule has 0 saturated heterocycles. The lowest BCUT2D eigenvalue weighted by Crippen LogP contribution is -2.13. The highest BCUT2D eigenvalue weighted by molar-refractivity contribution is 5.59. The number of hydrogen-bond acceptors (Lipinski definition) is 0. The van der Waals surface area contributed by atoms with E-state index in [-0.39, 0.29) is 5.83 Å². The molecule has 0 amide bonds. The zero-order valence-corrected chi connectivity index (χ0v) is 13.6. The smallest absolute Gasteiger partial charge is 0.126 e. The topological polar surface area (TPSA) is 0 Å². The lowest BCUT2D eigenvalue weighted by atomic mass is 9.80. The number of benzene rings is 1. The lowest BCUT2D eigenvalue weighted by molar-refractivity contribution is 0.294. The highest BCUT2D eigenvalue weighted by atomic mass is 19.1. The van der Waals surface area contributed by atoms with Crippen LogP contribution in [-0.2, 0) is 6.42 Å². The first kappa shape index (κ1) is 16.3. The van der Waals surface area contributed by atoms with Gasteiger partial charge in [0.15, 0.2) is 0 Å². The van der Waals surface area contributed by atoms with Gasteiger partial charge in [0.2, 0.25) is 0 Å². The van der Waals surface area contributed by atoms with E-state index in [1.165, 1.54) is 31.2 Å². The summed E-state index contributed by atoms with van der Waals surface area (Å²) >= 11 is 0. The zero-order chi connectivity index (χ0) is 15.1. The van der Waals surface area contributed by atoms with Crippen LogP contribution in [0, 0.1) is 11.8 Å². The van der Waals surface area contributed by atoms with E-state index in [9.17, 15) is 4.39 Å². The van der Waals surface area contributed by atoms with Crippen LogP contribution in [0.15, 0.2) is 30.3 Å². The maximum Gasteiger partial charge on any atom is 0.126 e. The summed E-state index contributed by atoms with van der Waals surface area (Å²) in [6, 6.07) is 7.98. The van der Waals surface area contributed by atoms with E-state index in [1.807, 2.05) is 18.2 Å². The zero-order valence-electron chi connectivity index (χ0n) is 13.6. The van der Waals surface area contributed by atoms with Gasteiger partial charge in [0.05, 0.1) is 0 Å². The molecule has 0 N–H and O–H groups in total. The van der Waals surface area contributed by atoms with Crippen LogP contribution in [-0.4, -0.2) is 0 Å². The maximum absolute atomic E-state index is 14.3. The molecule has 1 aliphatic carbocycles. The second-order valence-electron chi connectivity index (χ2n) is 6.53. The van der Waals surface area contributed by atoms with Crippen molar-refractivity contribution in [2.75, 3.05) is 0 Å². The molecule has 0 unspecified atom stereocenters. The minimum Gasteiger partial charge on any atom is -0.207 e. The fourth-order valence-corrected chi connectivity index (χ4v) is 3.47. The fourth-order valence-electron chi connectivity index (χ4n) is 3.47. The summed E-state index contributed by atoms with van der Waals surface area (Å²) in [5, 5.41) is 0. The Morgan fingerprint density at radius 1 is 1.05 bits per heavy atom. The molecule has 1 aliphatic rings. The monoisotopic (exact) mass is 288 g/mol. The van der Waals surface area contributed by atoms with E-state index in [1.54, 1.807) is 0 Å². The summed E-state index contributed by atoms with van der Waals surface area (Å²) in [6.07, 6.45) is 11.6. The number of rotatable bonds is 6. The Kier molecular flexibility index (Phi) is 6.48. The Morgan fingerprint density at radius 2 is 1.71 bits per heavy atom. The normalized spacial score (nSPS) is 23.3. The van der Waals surface area contributed by atoms with Crippen LogP contribution in [0.4, 0.5) is 4.39 Å². The van der Waals surface area contributed by atoms with Crippen molar-refractivity contribution in [3.05, 3.63) is 41.5 Å². The molecular formula is C20H29F. The van der Waals surface area contributed by atoms with Crippen LogP contribution in [0.2, 0.25) is 0 Å². The molecule has 0 aromatic heterocycles. The molecule has 1 aromatic rings. The second kappa shape index (κ2) is 8.36. The summed E-state index contributed by atoms with van der Waals surface area (Å²) in [4.78, 5) is 0. The summed E-state index contributed by atoms with van der Waals surface area (Å²) in [6.45, 7) is 4.43. The largest absolute Gasteiger partial charge is 0.207 e. The van der Waals surface area contributed by atoms with E-state index < -0.39 is 0 Å². The molecule has 0 atom stereocenters. The Labute approximate surface area is 129 Å². The SMILES string of the molecule is CCCc1ccc(/C(F)=C/C2CCC(CCC)CC2)cc1. The molecule has 0 nitrogen and oxygen atoms in total. The van der Waals surface area contributed by atoms with Crippen LogP contribution in [0.3, 0.4) is 0 Å². The van der Waals surface area contributed by atoms with E-state index in [0.29, 0.717) is 5.92 Å². The molecule has 1 saturated carbocycles.